The standard InChI is InChI=1S/C30H26BrNO5/c31-25-13-9-21(10-14-25)18-28(30(34)35)32-29(33)24-11-15-26(16-12-24)36-20-23-7-4-8-27(17-23)37-19-22-5-2-1-3-6-22/h1-17,28H,18-20H2,(H,32,33)(H,34,35)/t28-/m0/s1. The van der Waals surface area contributed by atoms with Gasteiger partial charge in [0.15, 0.2) is 0 Å². The first kappa shape index (κ1) is 26.0. The van der Waals surface area contributed by atoms with Crippen LogP contribution < -0.4 is 14.8 Å². The lowest BCUT2D eigenvalue weighted by Crippen LogP contribution is -2.42. The molecule has 188 valence electrons. The van der Waals surface area contributed by atoms with Gasteiger partial charge in [-0.2, -0.15) is 0 Å². The minimum Gasteiger partial charge on any atom is -0.489 e. The smallest absolute Gasteiger partial charge is 0.326 e. The Hall–Kier alpha value is -4.10. The van der Waals surface area contributed by atoms with E-state index in [2.05, 4.69) is 21.2 Å². The molecule has 0 saturated heterocycles. The first-order chi connectivity index (χ1) is 18.0. The molecule has 0 radical (unpaired) electrons. The third kappa shape index (κ3) is 7.95. The summed E-state index contributed by atoms with van der Waals surface area (Å²) in [6, 6.07) is 30.5. The predicted octanol–water partition coefficient (Wildman–Crippen LogP) is 6.03. The molecular weight excluding hydrogens is 534 g/mol. The zero-order valence-corrected chi connectivity index (χ0v) is 21.6. The number of aliphatic carboxylic acids is 1. The molecule has 2 N–H and O–H groups in total. The largest absolute Gasteiger partial charge is 0.489 e. The van der Waals surface area contributed by atoms with Crippen LogP contribution in [0.25, 0.3) is 0 Å². The van der Waals surface area contributed by atoms with Crippen LogP contribution in [0, 0.1) is 0 Å². The van der Waals surface area contributed by atoms with E-state index in [1.807, 2.05) is 78.9 Å². The molecule has 0 bridgehead atoms. The summed E-state index contributed by atoms with van der Waals surface area (Å²) in [6.07, 6.45) is 0.184. The maximum atomic E-state index is 12.7. The van der Waals surface area contributed by atoms with Crippen molar-refractivity contribution in [1.29, 1.82) is 0 Å². The highest BCUT2D eigenvalue weighted by atomic mass is 79.9. The molecule has 0 saturated carbocycles. The Morgan fingerprint density at radius 3 is 2.08 bits per heavy atom. The number of hydrogen-bond acceptors (Lipinski definition) is 4. The number of amides is 1. The first-order valence-corrected chi connectivity index (χ1v) is 12.5. The number of hydrogen-bond donors (Lipinski definition) is 2. The van der Waals surface area contributed by atoms with Crippen molar-refractivity contribution in [3.05, 3.63) is 130 Å². The molecule has 0 spiro atoms. The minimum atomic E-state index is -1.09. The molecule has 1 amide bonds. The summed E-state index contributed by atoms with van der Waals surface area (Å²) in [5.74, 6) is -0.199. The fourth-order valence-electron chi connectivity index (χ4n) is 3.63. The van der Waals surface area contributed by atoms with Crippen molar-refractivity contribution in [2.24, 2.45) is 0 Å². The Morgan fingerprint density at radius 1 is 0.730 bits per heavy atom. The second kappa shape index (κ2) is 12.7. The molecule has 4 aromatic carbocycles. The third-order valence-electron chi connectivity index (χ3n) is 5.63. The molecule has 0 unspecified atom stereocenters. The van der Waals surface area contributed by atoms with E-state index >= 15 is 0 Å². The van der Waals surface area contributed by atoms with Gasteiger partial charge in [0.05, 0.1) is 0 Å². The fraction of sp³-hybridized carbons (Fsp3) is 0.133. The quantitative estimate of drug-likeness (QED) is 0.234. The van der Waals surface area contributed by atoms with E-state index in [1.54, 1.807) is 24.3 Å². The number of halogens is 1. The Labute approximate surface area is 224 Å². The number of benzene rings is 4. The molecule has 0 aliphatic rings. The summed E-state index contributed by atoms with van der Waals surface area (Å²) in [5.41, 5.74) is 3.21. The average Bonchev–Trinajstić information content (AvgIpc) is 2.92. The van der Waals surface area contributed by atoms with Crippen molar-refractivity contribution in [3.63, 3.8) is 0 Å². The lowest BCUT2D eigenvalue weighted by Gasteiger charge is -2.15. The number of nitrogens with one attached hydrogen (secondary N) is 1. The van der Waals surface area contributed by atoms with Gasteiger partial charge in [0, 0.05) is 16.5 Å². The molecule has 7 heteroatoms. The topological polar surface area (TPSA) is 84.9 Å². The van der Waals surface area contributed by atoms with Crippen LogP contribution in [0.3, 0.4) is 0 Å². The molecule has 37 heavy (non-hydrogen) atoms. The van der Waals surface area contributed by atoms with Gasteiger partial charge in [-0.15, -0.1) is 0 Å². The van der Waals surface area contributed by atoms with Gasteiger partial charge in [0.25, 0.3) is 5.91 Å². The predicted molar refractivity (Wildman–Crippen MR) is 145 cm³/mol. The van der Waals surface area contributed by atoms with Crippen molar-refractivity contribution in [1.82, 2.24) is 5.32 Å². The van der Waals surface area contributed by atoms with Crippen molar-refractivity contribution in [3.8, 4) is 11.5 Å². The Kier molecular flexibility index (Phi) is 8.94. The van der Waals surface area contributed by atoms with Crippen molar-refractivity contribution in [2.45, 2.75) is 25.7 Å². The van der Waals surface area contributed by atoms with Gasteiger partial charge in [-0.05, 0) is 65.2 Å². The van der Waals surface area contributed by atoms with Crippen molar-refractivity contribution < 1.29 is 24.2 Å². The van der Waals surface area contributed by atoms with Crippen LogP contribution in [0.15, 0.2) is 108 Å². The number of carbonyl (C=O) groups excluding carboxylic acids is 1. The molecule has 4 rings (SSSR count). The van der Waals surface area contributed by atoms with Crippen LogP contribution in [0.4, 0.5) is 0 Å². The van der Waals surface area contributed by atoms with E-state index in [4.69, 9.17) is 9.47 Å². The molecule has 1 atom stereocenters. The van der Waals surface area contributed by atoms with E-state index in [-0.39, 0.29) is 6.42 Å². The summed E-state index contributed by atoms with van der Waals surface area (Å²) in [5, 5.41) is 12.2. The Balaban J connectivity index is 1.30. The Morgan fingerprint density at radius 2 is 1.38 bits per heavy atom. The number of carboxylic acid groups (broad SMARTS) is 1. The van der Waals surface area contributed by atoms with Gasteiger partial charge in [-0.3, -0.25) is 4.79 Å². The van der Waals surface area contributed by atoms with E-state index < -0.39 is 17.9 Å². The molecule has 0 heterocycles. The lowest BCUT2D eigenvalue weighted by atomic mass is 10.1. The van der Waals surface area contributed by atoms with Crippen LogP contribution in [-0.2, 0) is 24.4 Å². The minimum absolute atomic E-state index is 0.184. The van der Waals surface area contributed by atoms with Crippen LogP contribution in [0.2, 0.25) is 0 Å². The fourth-order valence-corrected chi connectivity index (χ4v) is 3.90. The molecule has 4 aromatic rings. The average molecular weight is 560 g/mol. The Bertz CT molecular complexity index is 1320. The van der Waals surface area contributed by atoms with E-state index in [1.165, 1.54) is 0 Å². The van der Waals surface area contributed by atoms with Crippen LogP contribution in [0.5, 0.6) is 11.5 Å². The lowest BCUT2D eigenvalue weighted by molar-refractivity contribution is -0.139. The molecule has 0 aromatic heterocycles. The zero-order chi connectivity index (χ0) is 26.0. The second-order valence-electron chi connectivity index (χ2n) is 8.43. The van der Waals surface area contributed by atoms with Gasteiger partial charge in [0.1, 0.15) is 30.8 Å². The summed E-state index contributed by atoms with van der Waals surface area (Å²) in [7, 11) is 0. The summed E-state index contributed by atoms with van der Waals surface area (Å²) < 4.78 is 12.6. The van der Waals surface area contributed by atoms with Crippen molar-refractivity contribution in [2.75, 3.05) is 0 Å². The summed E-state index contributed by atoms with van der Waals surface area (Å²) in [6.45, 7) is 0.822. The molecule has 6 nitrogen and oxygen atoms in total. The molecular formula is C30H26BrNO5. The van der Waals surface area contributed by atoms with Gasteiger partial charge in [-0.1, -0.05) is 70.5 Å². The first-order valence-electron chi connectivity index (χ1n) is 11.7. The van der Waals surface area contributed by atoms with Gasteiger partial charge in [-0.25, -0.2) is 4.79 Å². The monoisotopic (exact) mass is 559 g/mol. The molecule has 0 aliphatic carbocycles. The van der Waals surface area contributed by atoms with Crippen LogP contribution in [-0.4, -0.2) is 23.0 Å². The van der Waals surface area contributed by atoms with E-state index in [0.717, 1.165) is 26.9 Å². The highest BCUT2D eigenvalue weighted by Crippen LogP contribution is 2.19. The third-order valence-corrected chi connectivity index (χ3v) is 6.15. The van der Waals surface area contributed by atoms with Crippen molar-refractivity contribution >= 4 is 27.8 Å². The van der Waals surface area contributed by atoms with E-state index in [0.29, 0.717) is 24.5 Å². The normalized spacial score (nSPS) is 11.4. The zero-order valence-electron chi connectivity index (χ0n) is 20.0. The van der Waals surface area contributed by atoms with Gasteiger partial charge >= 0.3 is 5.97 Å². The summed E-state index contributed by atoms with van der Waals surface area (Å²) in [4.78, 5) is 24.4. The van der Waals surface area contributed by atoms with E-state index in [9.17, 15) is 14.7 Å². The van der Waals surface area contributed by atoms with Gasteiger partial charge < -0.3 is 19.9 Å². The van der Waals surface area contributed by atoms with Crippen LogP contribution >= 0.6 is 15.9 Å². The number of rotatable bonds is 11. The second-order valence-corrected chi connectivity index (χ2v) is 9.35. The maximum absolute atomic E-state index is 12.7. The van der Waals surface area contributed by atoms with Crippen LogP contribution in [0.1, 0.15) is 27.0 Å². The molecule has 0 fully saturated rings. The van der Waals surface area contributed by atoms with Gasteiger partial charge in [0.2, 0.25) is 0 Å². The highest BCUT2D eigenvalue weighted by molar-refractivity contribution is 9.10. The maximum Gasteiger partial charge on any atom is 0.326 e. The summed E-state index contributed by atoms with van der Waals surface area (Å²) >= 11 is 3.36. The SMILES string of the molecule is O=C(N[C@@H](Cc1ccc(Br)cc1)C(=O)O)c1ccc(OCc2cccc(OCc3ccccc3)c2)cc1. The number of ether oxygens (including phenoxy) is 2. The molecule has 0 aliphatic heterocycles. The highest BCUT2D eigenvalue weighted by Gasteiger charge is 2.21. The number of carbonyl (C=O) groups is 2. The number of carboxylic acids is 1.